The van der Waals surface area contributed by atoms with Gasteiger partial charge in [-0.15, -0.1) is 5.10 Å². The van der Waals surface area contributed by atoms with Gasteiger partial charge in [0.2, 0.25) is 5.95 Å². The van der Waals surface area contributed by atoms with Gasteiger partial charge in [-0.3, -0.25) is 9.58 Å². The van der Waals surface area contributed by atoms with Crippen LogP contribution in [0.2, 0.25) is 5.02 Å². The van der Waals surface area contributed by atoms with Crippen LogP contribution in [-0.2, 0) is 25.5 Å². The lowest BCUT2D eigenvalue weighted by atomic mass is 9.90. The zero-order chi connectivity index (χ0) is 36.0. The Balaban J connectivity index is 1.07. The maximum absolute atomic E-state index is 6.49. The van der Waals surface area contributed by atoms with Gasteiger partial charge in [0.1, 0.15) is 30.2 Å². The van der Waals surface area contributed by atoms with E-state index in [9.17, 15) is 0 Å². The quantitative estimate of drug-likeness (QED) is 0.121. The third kappa shape index (κ3) is 11.1. The summed E-state index contributed by atoms with van der Waals surface area (Å²) >= 11 is 6.49. The van der Waals surface area contributed by atoms with Crippen LogP contribution in [0.15, 0.2) is 49.4 Å². The number of halogens is 1. The minimum Gasteiger partial charge on any atom is -0.487 e. The van der Waals surface area contributed by atoms with E-state index < -0.39 is 0 Å². The van der Waals surface area contributed by atoms with Gasteiger partial charge in [0.05, 0.1) is 70.1 Å². The Morgan fingerprint density at radius 3 is 2.44 bits per heavy atom. The molecule has 0 amide bonds. The molecular weight excluding hydrogens is 690 g/mol. The van der Waals surface area contributed by atoms with Gasteiger partial charge >= 0.3 is 0 Å². The van der Waals surface area contributed by atoms with Crippen molar-refractivity contribution in [2.45, 2.75) is 63.8 Å². The van der Waals surface area contributed by atoms with Crippen LogP contribution in [0.25, 0.3) is 11.1 Å². The number of rotatable bonds is 20. The molecule has 4 heterocycles. The molecule has 0 unspecified atom stereocenters. The van der Waals surface area contributed by atoms with Crippen LogP contribution in [0.5, 0.6) is 11.6 Å². The van der Waals surface area contributed by atoms with Crippen molar-refractivity contribution in [2.24, 2.45) is 0 Å². The Kier molecular flexibility index (Phi) is 14.4. The fourth-order valence-electron chi connectivity index (χ4n) is 6.46. The van der Waals surface area contributed by atoms with Crippen LogP contribution in [0.1, 0.15) is 45.1 Å². The van der Waals surface area contributed by atoms with E-state index in [1.165, 1.54) is 6.33 Å². The molecule has 1 aliphatic heterocycles. The minimum atomic E-state index is -0.173. The molecule has 282 valence electrons. The van der Waals surface area contributed by atoms with E-state index in [-0.39, 0.29) is 6.10 Å². The lowest BCUT2D eigenvalue weighted by Crippen LogP contribution is -2.45. The number of nitrogens with one attached hydrogen (secondary N) is 1. The van der Waals surface area contributed by atoms with E-state index >= 15 is 0 Å². The molecule has 52 heavy (non-hydrogen) atoms. The molecule has 16 heteroatoms. The molecule has 1 N–H and O–H groups in total. The molecule has 0 radical (unpaired) electrons. The molecule has 1 atom stereocenters. The van der Waals surface area contributed by atoms with E-state index in [1.807, 2.05) is 31.3 Å². The monoisotopic (exact) mass is 739 g/mol. The van der Waals surface area contributed by atoms with Crippen molar-refractivity contribution in [2.75, 3.05) is 78.4 Å². The van der Waals surface area contributed by atoms with Gasteiger partial charge in [-0.05, 0) is 50.3 Å². The second-order valence-corrected chi connectivity index (χ2v) is 13.4. The summed E-state index contributed by atoms with van der Waals surface area (Å²) in [6, 6.07) is 6.53. The lowest BCUT2D eigenvalue weighted by Gasteiger charge is -2.38. The molecule has 0 bridgehead atoms. The highest BCUT2D eigenvalue weighted by Crippen LogP contribution is 2.35. The van der Waals surface area contributed by atoms with E-state index in [0.717, 1.165) is 68.8 Å². The Morgan fingerprint density at radius 1 is 0.942 bits per heavy atom. The number of anilines is 2. The first-order valence-corrected chi connectivity index (χ1v) is 18.5. The van der Waals surface area contributed by atoms with Crippen LogP contribution in [0, 0.1) is 0 Å². The Labute approximate surface area is 309 Å². The summed E-state index contributed by atoms with van der Waals surface area (Å²) in [7, 11) is 1.66. The highest BCUT2D eigenvalue weighted by Gasteiger charge is 2.29. The summed E-state index contributed by atoms with van der Waals surface area (Å²) in [6.45, 7) is 9.40. The van der Waals surface area contributed by atoms with Crippen LogP contribution in [-0.4, -0.2) is 125 Å². The second kappa shape index (κ2) is 19.8. The Hall–Kier alpha value is -3.86. The van der Waals surface area contributed by atoms with Crippen molar-refractivity contribution in [1.82, 2.24) is 39.4 Å². The van der Waals surface area contributed by atoms with E-state index in [4.69, 9.17) is 45.1 Å². The number of aromatic nitrogens is 7. The first-order chi connectivity index (χ1) is 25.6. The summed E-state index contributed by atoms with van der Waals surface area (Å²) in [5.74, 6) is 1.53. The normalized spacial score (nSPS) is 18.7. The summed E-state index contributed by atoms with van der Waals surface area (Å²) in [5.41, 5.74) is 2.43. The number of hydrogen-bond acceptors (Lipinski definition) is 13. The van der Waals surface area contributed by atoms with Crippen molar-refractivity contribution in [3.05, 3.63) is 54.5 Å². The smallest absolute Gasteiger partial charge is 0.256 e. The van der Waals surface area contributed by atoms with Crippen LogP contribution in [0.4, 0.5) is 11.6 Å². The topological polar surface area (TPSA) is 145 Å². The van der Waals surface area contributed by atoms with E-state index in [0.29, 0.717) is 87.3 Å². The lowest BCUT2D eigenvalue weighted by molar-refractivity contribution is 0.00502. The first-order valence-electron chi connectivity index (χ1n) is 18.1. The second-order valence-electron chi connectivity index (χ2n) is 13.0. The van der Waals surface area contributed by atoms with Crippen molar-refractivity contribution >= 4 is 23.2 Å². The molecule has 2 aliphatic rings. The van der Waals surface area contributed by atoms with Crippen LogP contribution >= 0.6 is 11.6 Å². The van der Waals surface area contributed by atoms with Crippen molar-refractivity contribution in [1.29, 1.82) is 0 Å². The Morgan fingerprint density at radius 2 is 1.69 bits per heavy atom. The first kappa shape index (κ1) is 37.9. The zero-order valence-corrected chi connectivity index (χ0v) is 30.8. The molecule has 1 aliphatic carbocycles. The maximum Gasteiger partial charge on any atom is 0.256 e. The van der Waals surface area contributed by atoms with Crippen molar-refractivity contribution in [3.8, 4) is 22.8 Å². The van der Waals surface area contributed by atoms with Gasteiger partial charge < -0.3 is 33.7 Å². The third-order valence-electron chi connectivity index (χ3n) is 9.18. The van der Waals surface area contributed by atoms with Gasteiger partial charge in [-0.2, -0.15) is 5.10 Å². The molecule has 15 nitrogen and oxygen atoms in total. The number of methoxy groups -OCH3 is 1. The van der Waals surface area contributed by atoms with Crippen LogP contribution in [0.3, 0.4) is 0 Å². The highest BCUT2D eigenvalue weighted by molar-refractivity contribution is 6.32. The maximum atomic E-state index is 6.49. The molecule has 3 aromatic heterocycles. The summed E-state index contributed by atoms with van der Waals surface area (Å²) in [6.07, 6.45) is 13.6. The molecule has 1 saturated carbocycles. The predicted octanol–water partition coefficient (Wildman–Crippen LogP) is 5.06. The SMILES string of the molecule is COCCOCCOCCCOc1nn(C2CCC(N3CCOCC3)CC2)cc1Nc1ncc(-c2ccc(Cl)c(O[C@@H](C)Cn3cncn3)c2)cn1. The number of ether oxygens (including phenoxy) is 6. The molecular formula is C36H50ClN9O6. The van der Waals surface area contributed by atoms with Crippen molar-refractivity contribution < 1.29 is 28.4 Å². The Bertz CT molecular complexity index is 1610. The molecule has 1 aromatic carbocycles. The van der Waals surface area contributed by atoms with Crippen LogP contribution < -0.4 is 14.8 Å². The number of nitrogens with zero attached hydrogens (tertiary/aromatic N) is 8. The average molecular weight is 740 g/mol. The van der Waals surface area contributed by atoms with Gasteiger partial charge in [-0.25, -0.2) is 19.6 Å². The van der Waals surface area contributed by atoms with Gasteiger partial charge in [0.25, 0.3) is 5.88 Å². The van der Waals surface area contributed by atoms with E-state index in [1.54, 1.807) is 30.5 Å². The minimum absolute atomic E-state index is 0.173. The predicted molar refractivity (Wildman–Crippen MR) is 195 cm³/mol. The molecule has 6 rings (SSSR count). The average Bonchev–Trinajstić information content (AvgIpc) is 3.84. The number of hydrogen-bond donors (Lipinski definition) is 1. The zero-order valence-electron chi connectivity index (χ0n) is 30.1. The summed E-state index contributed by atoms with van der Waals surface area (Å²) in [4.78, 5) is 15.8. The largest absolute Gasteiger partial charge is 0.487 e. The van der Waals surface area contributed by atoms with Gasteiger partial charge in [-0.1, -0.05) is 17.7 Å². The summed E-state index contributed by atoms with van der Waals surface area (Å²) < 4.78 is 37.8. The van der Waals surface area contributed by atoms with Gasteiger partial charge in [0, 0.05) is 57.2 Å². The number of morpholine rings is 1. The van der Waals surface area contributed by atoms with Crippen molar-refractivity contribution in [3.63, 3.8) is 0 Å². The summed E-state index contributed by atoms with van der Waals surface area (Å²) in [5, 5.41) is 12.9. The molecule has 4 aromatic rings. The fraction of sp³-hybridized carbons (Fsp3) is 0.583. The molecule has 0 spiro atoms. The van der Waals surface area contributed by atoms with E-state index in [2.05, 4.69) is 34.9 Å². The fourth-order valence-corrected chi connectivity index (χ4v) is 6.62. The number of benzene rings is 1. The molecule has 1 saturated heterocycles. The third-order valence-corrected chi connectivity index (χ3v) is 9.49. The highest BCUT2D eigenvalue weighted by atomic mass is 35.5. The van der Waals surface area contributed by atoms with Gasteiger partial charge in [0.15, 0.2) is 0 Å². The standard InChI is InChI=1S/C36H50ClN9O6/c1-27(23-45-26-38-25-41-45)52-34-20-28(4-9-32(34)37)29-21-39-36(40-22-29)42-33-24-46(31-7-5-30(6-8-31)44-10-14-49-15-11-44)43-35(33)51-13-3-12-48-18-19-50-17-16-47-2/h4,9,20-22,24-27,30-31H,3,5-8,10-19,23H2,1-2H3,(H,39,40,42)/t27-,30?,31?/m0/s1. The molecule has 2 fully saturated rings.